The molecule has 0 fully saturated rings. The number of hydrogen-bond acceptors (Lipinski definition) is 1. The van der Waals surface area contributed by atoms with Crippen LogP contribution in [0.5, 0.6) is 0 Å². The highest BCUT2D eigenvalue weighted by molar-refractivity contribution is 9.09. The number of rotatable bonds is 4. The minimum Gasteiger partial charge on any atom is -0.355 e. The zero-order chi connectivity index (χ0) is 10.5. The summed E-state index contributed by atoms with van der Waals surface area (Å²) in [6.45, 7) is 2.10. The van der Waals surface area contributed by atoms with Crippen molar-refractivity contribution in [1.82, 2.24) is 5.32 Å². The third-order valence-corrected chi connectivity index (χ3v) is 2.30. The van der Waals surface area contributed by atoms with Crippen molar-refractivity contribution >= 4 is 21.8 Å². The number of hydrogen-bond donors (Lipinski definition) is 1. The van der Waals surface area contributed by atoms with Gasteiger partial charge in [0.15, 0.2) is 0 Å². The Morgan fingerprint density at radius 2 is 2.08 bits per heavy atom. The molecular weight excluding hydrogens is 251 g/mol. The summed E-state index contributed by atoms with van der Waals surface area (Å²) in [4.78, 5) is 10.7. The van der Waals surface area contributed by atoms with E-state index < -0.39 is 18.5 Å². The molecule has 6 heteroatoms. The van der Waals surface area contributed by atoms with Crippen molar-refractivity contribution in [2.24, 2.45) is 0 Å². The van der Waals surface area contributed by atoms with Gasteiger partial charge in [0.25, 0.3) is 0 Å². The highest BCUT2D eigenvalue weighted by atomic mass is 79.9. The Hall–Kier alpha value is -0.260. The fourth-order valence-electron chi connectivity index (χ4n) is 0.613. The SMILES string of the molecule is CCC(Br)CNC(=O)CC(F)(F)F. The molecule has 1 N–H and O–H groups in total. The standard InChI is InChI=1S/C7H11BrF3NO/c1-2-5(8)4-12-6(13)3-7(9,10)11/h5H,2-4H2,1H3,(H,12,13). The van der Waals surface area contributed by atoms with Crippen molar-refractivity contribution in [3.8, 4) is 0 Å². The van der Waals surface area contributed by atoms with Gasteiger partial charge in [-0.3, -0.25) is 4.79 Å². The third-order valence-electron chi connectivity index (χ3n) is 1.32. The first-order chi connectivity index (χ1) is 5.85. The third kappa shape index (κ3) is 8.08. The maximum absolute atomic E-state index is 11.6. The van der Waals surface area contributed by atoms with Crippen LogP contribution in [0.1, 0.15) is 19.8 Å². The molecule has 2 nitrogen and oxygen atoms in total. The Morgan fingerprint density at radius 3 is 2.46 bits per heavy atom. The molecule has 0 aromatic carbocycles. The molecule has 1 atom stereocenters. The number of nitrogens with one attached hydrogen (secondary N) is 1. The molecule has 1 amide bonds. The second-order valence-corrected chi connectivity index (χ2v) is 3.90. The van der Waals surface area contributed by atoms with Crippen molar-refractivity contribution < 1.29 is 18.0 Å². The lowest BCUT2D eigenvalue weighted by atomic mass is 10.3. The van der Waals surface area contributed by atoms with Crippen LogP contribution in [-0.2, 0) is 4.79 Å². The van der Waals surface area contributed by atoms with E-state index in [1.165, 1.54) is 0 Å². The van der Waals surface area contributed by atoms with Crippen LogP contribution in [0.3, 0.4) is 0 Å². The average Bonchev–Trinajstić information content (AvgIpc) is 1.97. The van der Waals surface area contributed by atoms with Crippen LogP contribution < -0.4 is 5.32 Å². The van der Waals surface area contributed by atoms with E-state index in [-0.39, 0.29) is 11.4 Å². The van der Waals surface area contributed by atoms with Crippen LogP contribution in [0.25, 0.3) is 0 Å². The van der Waals surface area contributed by atoms with Gasteiger partial charge in [-0.2, -0.15) is 13.2 Å². The van der Waals surface area contributed by atoms with Gasteiger partial charge in [-0.05, 0) is 6.42 Å². The van der Waals surface area contributed by atoms with E-state index in [2.05, 4.69) is 21.2 Å². The molecular formula is C7H11BrF3NO. The second kappa shape index (κ2) is 5.47. The first-order valence-corrected chi connectivity index (χ1v) is 4.74. The lowest BCUT2D eigenvalue weighted by molar-refractivity contribution is -0.153. The largest absolute Gasteiger partial charge is 0.397 e. The van der Waals surface area contributed by atoms with Crippen LogP contribution in [0.4, 0.5) is 13.2 Å². The van der Waals surface area contributed by atoms with E-state index in [1.807, 2.05) is 6.92 Å². The Labute approximate surface area is 83.0 Å². The molecule has 0 saturated carbocycles. The fraction of sp³-hybridized carbons (Fsp3) is 0.857. The summed E-state index contributed by atoms with van der Waals surface area (Å²) in [5.41, 5.74) is 0. The number of halogens is 4. The summed E-state index contributed by atoms with van der Waals surface area (Å²) in [7, 11) is 0. The van der Waals surface area contributed by atoms with Gasteiger partial charge in [0.05, 0.1) is 0 Å². The topological polar surface area (TPSA) is 29.1 Å². The Kier molecular flexibility index (Phi) is 5.36. The van der Waals surface area contributed by atoms with Crippen molar-refractivity contribution in [2.45, 2.75) is 30.8 Å². The Morgan fingerprint density at radius 1 is 1.54 bits per heavy atom. The quantitative estimate of drug-likeness (QED) is 0.773. The molecule has 0 saturated heterocycles. The first kappa shape index (κ1) is 12.7. The van der Waals surface area contributed by atoms with E-state index in [9.17, 15) is 18.0 Å². The van der Waals surface area contributed by atoms with Gasteiger partial charge in [0, 0.05) is 11.4 Å². The van der Waals surface area contributed by atoms with Gasteiger partial charge in [-0.25, -0.2) is 0 Å². The van der Waals surface area contributed by atoms with Crippen LogP contribution in [0.2, 0.25) is 0 Å². The van der Waals surface area contributed by atoms with Crippen molar-refractivity contribution in [3.63, 3.8) is 0 Å². The molecule has 13 heavy (non-hydrogen) atoms. The summed E-state index contributed by atoms with van der Waals surface area (Å²) in [5.74, 6) is -0.981. The molecule has 0 rings (SSSR count). The molecule has 0 spiro atoms. The summed E-state index contributed by atoms with van der Waals surface area (Å²) in [6, 6.07) is 0. The summed E-state index contributed by atoms with van der Waals surface area (Å²) in [6.07, 6.45) is -5.07. The molecule has 0 heterocycles. The number of amides is 1. The normalized spacial score (nSPS) is 13.9. The molecule has 0 aromatic heterocycles. The molecule has 0 radical (unpaired) electrons. The smallest absolute Gasteiger partial charge is 0.355 e. The first-order valence-electron chi connectivity index (χ1n) is 3.82. The van der Waals surface area contributed by atoms with Gasteiger partial charge < -0.3 is 5.32 Å². The highest BCUT2D eigenvalue weighted by Crippen LogP contribution is 2.18. The van der Waals surface area contributed by atoms with Crippen molar-refractivity contribution in [1.29, 1.82) is 0 Å². The van der Waals surface area contributed by atoms with Gasteiger partial charge in [0.1, 0.15) is 6.42 Å². The lowest BCUT2D eigenvalue weighted by Gasteiger charge is -2.10. The van der Waals surface area contributed by atoms with Crippen LogP contribution in [0.15, 0.2) is 0 Å². The van der Waals surface area contributed by atoms with E-state index in [0.29, 0.717) is 0 Å². The minimum absolute atomic E-state index is 0.0321. The molecule has 0 aliphatic rings. The summed E-state index contributed by atoms with van der Waals surface area (Å²) < 4.78 is 34.9. The van der Waals surface area contributed by atoms with Gasteiger partial charge in [0.2, 0.25) is 5.91 Å². The predicted molar refractivity (Wildman–Crippen MR) is 46.7 cm³/mol. The average molecular weight is 262 g/mol. The molecule has 0 aliphatic heterocycles. The van der Waals surface area contributed by atoms with Gasteiger partial charge in [-0.15, -0.1) is 0 Å². The molecule has 0 aliphatic carbocycles. The Balaban J connectivity index is 3.64. The number of alkyl halides is 4. The zero-order valence-electron chi connectivity index (χ0n) is 7.12. The van der Waals surface area contributed by atoms with Crippen LogP contribution in [-0.4, -0.2) is 23.5 Å². The second-order valence-electron chi connectivity index (χ2n) is 2.60. The maximum Gasteiger partial charge on any atom is 0.397 e. The van der Waals surface area contributed by atoms with Crippen molar-refractivity contribution in [3.05, 3.63) is 0 Å². The minimum atomic E-state index is -4.42. The molecule has 1 unspecified atom stereocenters. The maximum atomic E-state index is 11.6. The van der Waals surface area contributed by atoms with Gasteiger partial charge in [-0.1, -0.05) is 22.9 Å². The molecule has 0 bridgehead atoms. The predicted octanol–water partition coefficient (Wildman–Crippen LogP) is 2.23. The number of carbonyl (C=O) groups is 1. The highest BCUT2D eigenvalue weighted by Gasteiger charge is 2.30. The lowest BCUT2D eigenvalue weighted by Crippen LogP contribution is -2.32. The van der Waals surface area contributed by atoms with Gasteiger partial charge >= 0.3 is 6.18 Å². The summed E-state index contributed by atoms with van der Waals surface area (Å²) >= 11 is 3.19. The molecule has 78 valence electrons. The van der Waals surface area contributed by atoms with E-state index >= 15 is 0 Å². The monoisotopic (exact) mass is 261 g/mol. The van der Waals surface area contributed by atoms with E-state index in [1.54, 1.807) is 0 Å². The zero-order valence-corrected chi connectivity index (χ0v) is 8.70. The number of carbonyl (C=O) groups excluding carboxylic acids is 1. The van der Waals surface area contributed by atoms with E-state index in [4.69, 9.17) is 0 Å². The van der Waals surface area contributed by atoms with E-state index in [0.717, 1.165) is 6.42 Å². The molecule has 0 aromatic rings. The summed E-state index contributed by atoms with van der Waals surface area (Å²) in [5, 5.41) is 2.18. The fourth-order valence-corrected chi connectivity index (χ4v) is 0.775. The van der Waals surface area contributed by atoms with Crippen LogP contribution in [0, 0.1) is 0 Å². The van der Waals surface area contributed by atoms with Crippen LogP contribution >= 0.6 is 15.9 Å². The van der Waals surface area contributed by atoms with Crippen molar-refractivity contribution in [2.75, 3.05) is 6.54 Å². The Bertz CT molecular complexity index is 172.